The first kappa shape index (κ1) is 14.7. The van der Waals surface area contributed by atoms with Crippen LogP contribution in [0.5, 0.6) is 0 Å². The third-order valence-electron chi connectivity index (χ3n) is 3.21. The Morgan fingerprint density at radius 2 is 2.15 bits per heavy atom. The van der Waals surface area contributed by atoms with Crippen molar-refractivity contribution < 1.29 is 13.3 Å². The van der Waals surface area contributed by atoms with Gasteiger partial charge < -0.3 is 5.73 Å². The molecule has 0 amide bonds. The first-order valence-electron chi connectivity index (χ1n) is 6.36. The van der Waals surface area contributed by atoms with Gasteiger partial charge in [0.25, 0.3) is 5.69 Å². The lowest BCUT2D eigenvalue weighted by Crippen LogP contribution is -2.33. The van der Waals surface area contributed by atoms with Crippen LogP contribution in [0.4, 0.5) is 11.4 Å². The minimum absolute atomic E-state index is 0.154. The first-order chi connectivity index (χ1) is 9.29. The second-order valence-electron chi connectivity index (χ2n) is 5.19. The van der Waals surface area contributed by atoms with Gasteiger partial charge in [-0.05, 0) is 31.4 Å². The summed E-state index contributed by atoms with van der Waals surface area (Å²) in [5.41, 5.74) is 5.12. The van der Waals surface area contributed by atoms with Crippen molar-refractivity contribution in [3.8, 4) is 0 Å². The van der Waals surface area contributed by atoms with Gasteiger partial charge in [0.05, 0.1) is 4.92 Å². The predicted octanol–water partition coefficient (Wildman–Crippen LogP) is 1.64. The Balaban J connectivity index is 2.26. The lowest BCUT2D eigenvalue weighted by atomic mass is 10.2. The average Bonchev–Trinajstić information content (AvgIpc) is 3.11. The molecule has 1 aromatic rings. The van der Waals surface area contributed by atoms with E-state index in [4.69, 9.17) is 5.73 Å². The molecule has 8 heteroatoms. The van der Waals surface area contributed by atoms with Gasteiger partial charge in [0, 0.05) is 17.8 Å². The Morgan fingerprint density at radius 3 is 2.70 bits per heavy atom. The molecule has 1 unspecified atom stereocenters. The molecule has 0 heterocycles. The number of rotatable bonds is 6. The maximum atomic E-state index is 12.2. The maximum Gasteiger partial charge on any atom is 0.291 e. The molecule has 3 N–H and O–H groups in total. The van der Waals surface area contributed by atoms with E-state index in [1.807, 2.05) is 0 Å². The largest absolute Gasteiger partial charge is 0.399 e. The molecule has 110 valence electrons. The van der Waals surface area contributed by atoms with Crippen LogP contribution < -0.4 is 10.5 Å². The Labute approximate surface area is 117 Å². The Bertz CT molecular complexity index is 626. The van der Waals surface area contributed by atoms with Crippen molar-refractivity contribution in [2.24, 2.45) is 5.92 Å². The second kappa shape index (κ2) is 5.37. The number of nitrogen functional groups attached to an aromatic ring is 1. The average molecular weight is 299 g/mol. The Hall–Kier alpha value is -1.67. The topological polar surface area (TPSA) is 115 Å². The van der Waals surface area contributed by atoms with Crippen molar-refractivity contribution in [1.82, 2.24) is 4.72 Å². The van der Waals surface area contributed by atoms with Crippen molar-refractivity contribution in [3.05, 3.63) is 28.3 Å². The van der Waals surface area contributed by atoms with Crippen molar-refractivity contribution in [1.29, 1.82) is 0 Å². The smallest absolute Gasteiger partial charge is 0.291 e. The molecule has 0 aliphatic heterocycles. The Morgan fingerprint density at radius 1 is 1.50 bits per heavy atom. The van der Waals surface area contributed by atoms with Crippen molar-refractivity contribution in [2.45, 2.75) is 37.1 Å². The van der Waals surface area contributed by atoms with E-state index in [1.54, 1.807) is 6.92 Å². The molecule has 0 spiro atoms. The summed E-state index contributed by atoms with van der Waals surface area (Å²) in [6, 6.07) is 3.32. The highest BCUT2D eigenvalue weighted by Gasteiger charge is 2.30. The molecule has 20 heavy (non-hydrogen) atoms. The van der Waals surface area contributed by atoms with Gasteiger partial charge in [-0.1, -0.05) is 12.8 Å². The SMILES string of the molecule is CC(CC1CC1)NS(=O)(=O)c1ccc(N)cc1[N+](=O)[O-]. The van der Waals surface area contributed by atoms with Crippen LogP contribution in [0.25, 0.3) is 0 Å². The minimum atomic E-state index is -3.92. The fraction of sp³-hybridized carbons (Fsp3) is 0.500. The maximum absolute atomic E-state index is 12.2. The van der Waals surface area contributed by atoms with Crippen LogP contribution in [0.2, 0.25) is 0 Å². The summed E-state index contributed by atoms with van der Waals surface area (Å²) >= 11 is 0. The molecular weight excluding hydrogens is 282 g/mol. The molecule has 1 aliphatic carbocycles. The van der Waals surface area contributed by atoms with E-state index in [-0.39, 0.29) is 16.6 Å². The van der Waals surface area contributed by atoms with Crippen molar-refractivity contribution in [2.75, 3.05) is 5.73 Å². The van der Waals surface area contributed by atoms with E-state index in [1.165, 1.54) is 12.1 Å². The fourth-order valence-electron chi connectivity index (χ4n) is 2.13. The lowest BCUT2D eigenvalue weighted by molar-refractivity contribution is -0.387. The minimum Gasteiger partial charge on any atom is -0.399 e. The summed E-state index contributed by atoms with van der Waals surface area (Å²) < 4.78 is 26.9. The first-order valence-corrected chi connectivity index (χ1v) is 7.84. The molecule has 1 aliphatic rings. The fourth-order valence-corrected chi connectivity index (χ4v) is 3.54. The van der Waals surface area contributed by atoms with E-state index in [9.17, 15) is 18.5 Å². The molecule has 1 atom stereocenters. The third kappa shape index (κ3) is 3.45. The summed E-state index contributed by atoms with van der Waals surface area (Å²) in [5, 5.41) is 11.0. The zero-order valence-electron chi connectivity index (χ0n) is 11.1. The number of benzene rings is 1. The van der Waals surface area contributed by atoms with Gasteiger partial charge in [-0.15, -0.1) is 0 Å². The number of sulfonamides is 1. The zero-order chi connectivity index (χ0) is 14.9. The number of nitrogens with zero attached hydrogens (tertiary/aromatic N) is 1. The number of nitro groups is 1. The van der Waals surface area contributed by atoms with Gasteiger partial charge in [0.2, 0.25) is 10.0 Å². The highest BCUT2D eigenvalue weighted by molar-refractivity contribution is 7.89. The van der Waals surface area contributed by atoms with Gasteiger partial charge in [-0.3, -0.25) is 10.1 Å². The summed E-state index contributed by atoms with van der Waals surface area (Å²) in [4.78, 5) is 9.86. The van der Waals surface area contributed by atoms with E-state index in [0.717, 1.165) is 25.3 Å². The number of hydrogen-bond acceptors (Lipinski definition) is 5. The monoisotopic (exact) mass is 299 g/mol. The zero-order valence-corrected chi connectivity index (χ0v) is 11.9. The molecule has 0 aromatic heterocycles. The van der Waals surface area contributed by atoms with Gasteiger partial charge in [-0.25, -0.2) is 13.1 Å². The summed E-state index contributed by atoms with van der Waals surface area (Å²) in [7, 11) is -3.92. The summed E-state index contributed by atoms with van der Waals surface area (Å²) in [5.74, 6) is 0.564. The van der Waals surface area contributed by atoms with Crippen LogP contribution in [0.1, 0.15) is 26.2 Å². The predicted molar refractivity (Wildman–Crippen MR) is 74.6 cm³/mol. The normalized spacial score (nSPS) is 16.9. The van der Waals surface area contributed by atoms with Crippen LogP contribution in [0.3, 0.4) is 0 Å². The van der Waals surface area contributed by atoms with E-state index in [0.29, 0.717) is 5.92 Å². The van der Waals surface area contributed by atoms with Crippen LogP contribution in [-0.4, -0.2) is 19.4 Å². The van der Waals surface area contributed by atoms with Crippen LogP contribution in [-0.2, 0) is 10.0 Å². The number of nitrogens with one attached hydrogen (secondary N) is 1. The molecule has 7 nitrogen and oxygen atoms in total. The number of nitro benzene ring substituents is 1. The quantitative estimate of drug-likeness (QED) is 0.470. The summed E-state index contributed by atoms with van der Waals surface area (Å²) in [6.07, 6.45) is 2.99. The number of hydrogen-bond donors (Lipinski definition) is 2. The van der Waals surface area contributed by atoms with Gasteiger partial charge >= 0.3 is 0 Å². The molecule has 1 fully saturated rings. The molecule has 1 aromatic carbocycles. The van der Waals surface area contributed by atoms with Gasteiger partial charge in [0.15, 0.2) is 4.90 Å². The molecular formula is C12H17N3O4S. The van der Waals surface area contributed by atoms with Gasteiger partial charge in [-0.2, -0.15) is 0 Å². The highest BCUT2D eigenvalue weighted by Crippen LogP contribution is 2.34. The Kier molecular flexibility index (Phi) is 3.96. The standard InChI is InChI=1S/C12H17N3O4S/c1-8(6-9-2-3-9)14-20(18,19)12-5-4-10(13)7-11(12)15(16)17/h4-5,7-9,14H,2-3,6,13H2,1H3. The molecule has 0 bridgehead atoms. The number of anilines is 1. The van der Waals surface area contributed by atoms with Crippen LogP contribution in [0, 0.1) is 16.0 Å². The number of nitrogens with two attached hydrogens (primary N) is 1. The second-order valence-corrected chi connectivity index (χ2v) is 6.87. The third-order valence-corrected chi connectivity index (χ3v) is 4.85. The van der Waals surface area contributed by atoms with E-state index < -0.39 is 20.6 Å². The van der Waals surface area contributed by atoms with Crippen LogP contribution in [0.15, 0.2) is 23.1 Å². The molecule has 0 radical (unpaired) electrons. The highest BCUT2D eigenvalue weighted by atomic mass is 32.2. The molecule has 0 saturated heterocycles. The van der Waals surface area contributed by atoms with Crippen molar-refractivity contribution in [3.63, 3.8) is 0 Å². The van der Waals surface area contributed by atoms with Gasteiger partial charge in [0.1, 0.15) is 0 Å². The van der Waals surface area contributed by atoms with Crippen molar-refractivity contribution >= 4 is 21.4 Å². The summed E-state index contributed by atoms with van der Waals surface area (Å²) in [6.45, 7) is 1.76. The van der Waals surface area contributed by atoms with E-state index in [2.05, 4.69) is 4.72 Å². The lowest BCUT2D eigenvalue weighted by Gasteiger charge is -2.14. The van der Waals surface area contributed by atoms with Crippen LogP contribution >= 0.6 is 0 Å². The molecule has 1 saturated carbocycles. The van der Waals surface area contributed by atoms with E-state index >= 15 is 0 Å². The molecule has 2 rings (SSSR count).